The maximum atomic E-state index is 11.1. The van der Waals surface area contributed by atoms with E-state index in [9.17, 15) is 4.79 Å². The summed E-state index contributed by atoms with van der Waals surface area (Å²) >= 11 is 1.50. The van der Waals surface area contributed by atoms with Crippen LogP contribution < -0.4 is 4.90 Å². The molecule has 2 rings (SSSR count). The highest BCUT2D eigenvalue weighted by atomic mass is 32.1. The average molecular weight is 255 g/mol. The van der Waals surface area contributed by atoms with E-state index in [4.69, 9.17) is 5.11 Å². The number of carboxylic acid groups (broad SMARTS) is 1. The fourth-order valence-corrected chi connectivity index (χ4v) is 2.87. The summed E-state index contributed by atoms with van der Waals surface area (Å²) in [5, 5.41) is 19.1. The molecule has 0 radical (unpaired) electrons. The zero-order valence-electron chi connectivity index (χ0n) is 10.3. The van der Waals surface area contributed by atoms with Gasteiger partial charge in [-0.15, -0.1) is 10.2 Å². The Morgan fingerprint density at radius 1 is 1.47 bits per heavy atom. The molecule has 5 nitrogen and oxygen atoms in total. The molecular weight excluding hydrogens is 238 g/mol. The van der Waals surface area contributed by atoms with Crippen molar-refractivity contribution >= 4 is 22.4 Å². The third-order valence-corrected chi connectivity index (χ3v) is 4.23. The maximum Gasteiger partial charge on any atom is 0.326 e. The van der Waals surface area contributed by atoms with Gasteiger partial charge in [0.05, 0.1) is 0 Å². The van der Waals surface area contributed by atoms with Crippen LogP contribution in [0.25, 0.3) is 0 Å². The molecule has 0 unspecified atom stereocenters. The van der Waals surface area contributed by atoms with Crippen LogP contribution in [0.15, 0.2) is 0 Å². The third-order valence-electron chi connectivity index (χ3n) is 2.84. The Balaban J connectivity index is 2.23. The average Bonchev–Trinajstić information content (AvgIpc) is 2.85. The minimum absolute atomic E-state index is 0.0334. The SMILES string of the molecule is CC(C)(C)c1nnc(N2CCC[C@H]2C(=O)O)s1. The lowest BCUT2D eigenvalue weighted by atomic mass is 9.98. The van der Waals surface area contributed by atoms with Gasteiger partial charge in [0.2, 0.25) is 5.13 Å². The molecule has 6 heteroatoms. The van der Waals surface area contributed by atoms with Crippen LogP contribution in [0.4, 0.5) is 5.13 Å². The molecular formula is C11H17N3O2S. The van der Waals surface area contributed by atoms with Crippen LogP contribution >= 0.6 is 11.3 Å². The zero-order valence-corrected chi connectivity index (χ0v) is 11.1. The first-order valence-corrected chi connectivity index (χ1v) is 6.54. The molecule has 1 fully saturated rings. The number of carboxylic acids is 1. The smallest absolute Gasteiger partial charge is 0.326 e. The monoisotopic (exact) mass is 255 g/mol. The second kappa shape index (κ2) is 4.25. The van der Waals surface area contributed by atoms with Gasteiger partial charge in [0, 0.05) is 12.0 Å². The predicted molar refractivity (Wildman–Crippen MR) is 66.6 cm³/mol. The number of nitrogens with zero attached hydrogens (tertiary/aromatic N) is 3. The van der Waals surface area contributed by atoms with Gasteiger partial charge in [0.1, 0.15) is 11.0 Å². The fraction of sp³-hybridized carbons (Fsp3) is 0.727. The molecule has 94 valence electrons. The van der Waals surface area contributed by atoms with E-state index in [-0.39, 0.29) is 5.41 Å². The first-order chi connectivity index (χ1) is 7.89. The topological polar surface area (TPSA) is 66.3 Å². The van der Waals surface area contributed by atoms with E-state index >= 15 is 0 Å². The van der Waals surface area contributed by atoms with Crippen LogP contribution in [-0.2, 0) is 10.2 Å². The zero-order chi connectivity index (χ0) is 12.6. The number of aliphatic carboxylic acids is 1. The number of rotatable bonds is 2. The third kappa shape index (κ3) is 2.41. The Bertz CT molecular complexity index is 425. The molecule has 0 amide bonds. The van der Waals surface area contributed by atoms with Crippen LogP contribution in [0, 0.1) is 0 Å². The van der Waals surface area contributed by atoms with Gasteiger partial charge in [-0.25, -0.2) is 4.79 Å². The van der Waals surface area contributed by atoms with Crippen molar-refractivity contribution in [2.75, 3.05) is 11.4 Å². The summed E-state index contributed by atoms with van der Waals surface area (Å²) in [7, 11) is 0. The highest BCUT2D eigenvalue weighted by molar-refractivity contribution is 7.15. The van der Waals surface area contributed by atoms with Crippen LogP contribution in [0.2, 0.25) is 0 Å². The van der Waals surface area contributed by atoms with Crippen molar-refractivity contribution in [3.05, 3.63) is 5.01 Å². The standard InChI is InChI=1S/C11H17N3O2S/c1-11(2,3)9-12-13-10(17-9)14-6-4-5-7(14)8(15)16/h7H,4-6H2,1-3H3,(H,15,16)/t7-/m0/s1. The van der Waals surface area contributed by atoms with E-state index in [0.29, 0.717) is 6.42 Å². The van der Waals surface area contributed by atoms with Gasteiger partial charge in [-0.05, 0) is 12.8 Å². The summed E-state index contributed by atoms with van der Waals surface area (Å²) in [6, 6.07) is -0.434. The van der Waals surface area contributed by atoms with Gasteiger partial charge in [0.15, 0.2) is 0 Å². The summed E-state index contributed by atoms with van der Waals surface area (Å²) in [5.41, 5.74) is -0.0334. The van der Waals surface area contributed by atoms with Crippen molar-refractivity contribution in [2.45, 2.75) is 45.1 Å². The molecule has 1 atom stereocenters. The Hall–Kier alpha value is -1.17. The molecule has 0 aliphatic carbocycles. The van der Waals surface area contributed by atoms with E-state index < -0.39 is 12.0 Å². The quantitative estimate of drug-likeness (QED) is 0.874. The van der Waals surface area contributed by atoms with E-state index in [0.717, 1.165) is 23.1 Å². The molecule has 0 aromatic carbocycles. The minimum Gasteiger partial charge on any atom is -0.480 e. The molecule has 1 aromatic heterocycles. The Labute approximate surface area is 104 Å². The first-order valence-electron chi connectivity index (χ1n) is 5.73. The predicted octanol–water partition coefficient (Wildman–Crippen LogP) is 1.89. The first kappa shape index (κ1) is 12.3. The lowest BCUT2D eigenvalue weighted by Gasteiger charge is -2.19. The van der Waals surface area contributed by atoms with Crippen LogP contribution in [0.1, 0.15) is 38.6 Å². The molecule has 17 heavy (non-hydrogen) atoms. The summed E-state index contributed by atoms with van der Waals surface area (Å²) < 4.78 is 0. The Morgan fingerprint density at radius 2 is 2.18 bits per heavy atom. The van der Waals surface area contributed by atoms with Crippen molar-refractivity contribution in [3.63, 3.8) is 0 Å². The second-order valence-electron chi connectivity index (χ2n) is 5.33. The number of carbonyl (C=O) groups is 1. The summed E-state index contributed by atoms with van der Waals surface area (Å²) in [4.78, 5) is 13.0. The fourth-order valence-electron chi connectivity index (χ4n) is 1.89. The lowest BCUT2D eigenvalue weighted by molar-refractivity contribution is -0.138. The van der Waals surface area contributed by atoms with Crippen molar-refractivity contribution in [1.82, 2.24) is 10.2 Å². The molecule has 1 aliphatic heterocycles. The van der Waals surface area contributed by atoms with Gasteiger partial charge in [-0.2, -0.15) is 0 Å². The highest BCUT2D eigenvalue weighted by Crippen LogP contribution is 2.33. The molecule has 1 N–H and O–H groups in total. The lowest BCUT2D eigenvalue weighted by Crippen LogP contribution is -2.35. The molecule has 1 saturated heterocycles. The van der Waals surface area contributed by atoms with Gasteiger partial charge in [-0.1, -0.05) is 32.1 Å². The number of hydrogen-bond acceptors (Lipinski definition) is 5. The molecule has 1 aliphatic rings. The maximum absolute atomic E-state index is 11.1. The molecule has 1 aromatic rings. The van der Waals surface area contributed by atoms with Crippen LogP contribution in [0.3, 0.4) is 0 Å². The van der Waals surface area contributed by atoms with Gasteiger partial charge in [-0.3, -0.25) is 0 Å². The van der Waals surface area contributed by atoms with Crippen molar-refractivity contribution in [2.24, 2.45) is 0 Å². The van der Waals surface area contributed by atoms with E-state index in [1.54, 1.807) is 0 Å². The summed E-state index contributed by atoms with van der Waals surface area (Å²) in [6.07, 6.45) is 1.60. The van der Waals surface area contributed by atoms with E-state index in [1.165, 1.54) is 11.3 Å². The summed E-state index contributed by atoms with van der Waals surface area (Å²) in [6.45, 7) is 7.00. The van der Waals surface area contributed by atoms with Gasteiger partial charge >= 0.3 is 5.97 Å². The van der Waals surface area contributed by atoms with Crippen LogP contribution in [0.5, 0.6) is 0 Å². The number of anilines is 1. The minimum atomic E-state index is -0.769. The van der Waals surface area contributed by atoms with Gasteiger partial charge < -0.3 is 10.0 Å². The Kier molecular flexibility index (Phi) is 3.07. The molecule has 2 heterocycles. The molecule has 0 spiro atoms. The Morgan fingerprint density at radius 3 is 2.71 bits per heavy atom. The largest absolute Gasteiger partial charge is 0.480 e. The number of hydrogen-bond donors (Lipinski definition) is 1. The highest BCUT2D eigenvalue weighted by Gasteiger charge is 2.33. The normalized spacial score (nSPS) is 20.9. The molecule has 0 bridgehead atoms. The van der Waals surface area contributed by atoms with Crippen molar-refractivity contribution in [3.8, 4) is 0 Å². The number of aromatic nitrogens is 2. The van der Waals surface area contributed by atoms with Crippen LogP contribution in [-0.4, -0.2) is 33.9 Å². The van der Waals surface area contributed by atoms with Crippen molar-refractivity contribution < 1.29 is 9.90 Å². The van der Waals surface area contributed by atoms with Gasteiger partial charge in [0.25, 0.3) is 0 Å². The second-order valence-corrected chi connectivity index (χ2v) is 6.29. The molecule has 0 saturated carbocycles. The van der Waals surface area contributed by atoms with E-state index in [1.807, 2.05) is 4.90 Å². The summed E-state index contributed by atoms with van der Waals surface area (Å²) in [5.74, 6) is -0.769. The van der Waals surface area contributed by atoms with Crippen molar-refractivity contribution in [1.29, 1.82) is 0 Å². The van der Waals surface area contributed by atoms with E-state index in [2.05, 4.69) is 31.0 Å².